The van der Waals surface area contributed by atoms with E-state index in [1.807, 2.05) is 13.8 Å². The van der Waals surface area contributed by atoms with Crippen LogP contribution in [0.2, 0.25) is 0 Å². The van der Waals surface area contributed by atoms with E-state index < -0.39 is 0 Å². The zero-order valence-electron chi connectivity index (χ0n) is 10.5. The largest absolute Gasteiger partial charge is 0.461 e. The number of ether oxygens (including phenoxy) is 2. The third-order valence-electron chi connectivity index (χ3n) is 2.86. The molecule has 0 radical (unpaired) electrons. The minimum atomic E-state index is -0.157. The molecule has 1 N–H and O–H groups in total. The Kier molecular flexibility index (Phi) is 5.77. The van der Waals surface area contributed by atoms with Crippen LogP contribution in [0.4, 0.5) is 0 Å². The first kappa shape index (κ1) is 13.5. The van der Waals surface area contributed by atoms with Crippen molar-refractivity contribution >= 4 is 5.97 Å². The van der Waals surface area contributed by atoms with Crippen LogP contribution in [0, 0.1) is 0 Å². The normalized spacial score (nSPS) is 25.8. The van der Waals surface area contributed by atoms with Gasteiger partial charge in [-0.1, -0.05) is 13.8 Å². The second-order valence-electron chi connectivity index (χ2n) is 4.67. The second kappa shape index (κ2) is 6.86. The molecule has 1 saturated carbocycles. The number of methoxy groups -OCH3 is 1. The Morgan fingerprint density at radius 1 is 1.38 bits per heavy atom. The van der Waals surface area contributed by atoms with Crippen LogP contribution in [0.25, 0.3) is 0 Å². The van der Waals surface area contributed by atoms with Crippen LogP contribution in [-0.2, 0) is 14.3 Å². The van der Waals surface area contributed by atoms with Crippen LogP contribution in [0.3, 0.4) is 0 Å². The van der Waals surface area contributed by atoms with Gasteiger partial charge in [0.25, 0.3) is 0 Å². The molecule has 16 heavy (non-hydrogen) atoms. The molecule has 1 aliphatic rings. The molecule has 4 heteroatoms. The number of hydrogen-bond acceptors (Lipinski definition) is 4. The van der Waals surface area contributed by atoms with Gasteiger partial charge in [0.1, 0.15) is 6.10 Å². The molecule has 1 rings (SSSR count). The smallest absolute Gasteiger partial charge is 0.320 e. The van der Waals surface area contributed by atoms with Crippen molar-refractivity contribution in [3.8, 4) is 0 Å². The van der Waals surface area contributed by atoms with E-state index in [4.69, 9.17) is 9.47 Å². The summed E-state index contributed by atoms with van der Waals surface area (Å²) in [4.78, 5) is 11.5. The van der Waals surface area contributed by atoms with Crippen molar-refractivity contribution < 1.29 is 14.3 Å². The molecule has 2 atom stereocenters. The molecular weight excluding hydrogens is 206 g/mol. The summed E-state index contributed by atoms with van der Waals surface area (Å²) in [5, 5.41) is 3.05. The molecule has 0 aliphatic heterocycles. The summed E-state index contributed by atoms with van der Waals surface area (Å²) in [6, 6.07) is 0.311. The third-order valence-corrected chi connectivity index (χ3v) is 2.86. The van der Waals surface area contributed by atoms with E-state index in [1.54, 1.807) is 7.11 Å². The van der Waals surface area contributed by atoms with Crippen LogP contribution in [0.15, 0.2) is 0 Å². The molecule has 0 bridgehead atoms. The van der Waals surface area contributed by atoms with Gasteiger partial charge in [0.15, 0.2) is 0 Å². The van der Waals surface area contributed by atoms with Crippen LogP contribution in [0.5, 0.6) is 0 Å². The maximum absolute atomic E-state index is 11.5. The van der Waals surface area contributed by atoms with Crippen molar-refractivity contribution in [3.63, 3.8) is 0 Å². The predicted octanol–water partition coefficient (Wildman–Crippen LogP) is 1.49. The van der Waals surface area contributed by atoms with Crippen molar-refractivity contribution in [1.29, 1.82) is 0 Å². The fraction of sp³-hybridized carbons (Fsp3) is 0.917. The molecular formula is C12H23NO3. The van der Waals surface area contributed by atoms with Crippen molar-refractivity contribution in [2.24, 2.45) is 0 Å². The van der Waals surface area contributed by atoms with E-state index >= 15 is 0 Å². The Bertz CT molecular complexity index is 218. The molecule has 0 aromatic rings. The summed E-state index contributed by atoms with van der Waals surface area (Å²) < 4.78 is 10.7. The zero-order chi connectivity index (χ0) is 12.0. The summed E-state index contributed by atoms with van der Waals surface area (Å²) in [6.45, 7) is 4.31. The molecule has 0 aromatic carbocycles. The molecule has 1 fully saturated rings. The highest BCUT2D eigenvalue weighted by atomic mass is 16.5. The first-order valence-corrected chi connectivity index (χ1v) is 6.07. The highest BCUT2D eigenvalue weighted by Gasteiger charge is 2.24. The van der Waals surface area contributed by atoms with Crippen LogP contribution in [-0.4, -0.2) is 37.9 Å². The number of esters is 1. The molecule has 0 amide bonds. The SMILES string of the molecule is COC1CCCC(OC(=O)CNC(C)C)C1. The summed E-state index contributed by atoms with van der Waals surface area (Å²) in [5.41, 5.74) is 0. The van der Waals surface area contributed by atoms with Gasteiger partial charge < -0.3 is 14.8 Å². The van der Waals surface area contributed by atoms with Gasteiger partial charge in [-0.05, 0) is 19.3 Å². The summed E-state index contributed by atoms with van der Waals surface area (Å²) in [5.74, 6) is -0.157. The van der Waals surface area contributed by atoms with Gasteiger partial charge in [-0.2, -0.15) is 0 Å². The average molecular weight is 229 g/mol. The predicted molar refractivity (Wildman–Crippen MR) is 62.3 cm³/mol. The average Bonchev–Trinajstić information content (AvgIpc) is 2.26. The lowest BCUT2D eigenvalue weighted by Gasteiger charge is -2.28. The first-order valence-electron chi connectivity index (χ1n) is 6.07. The minimum absolute atomic E-state index is 0.0418. The first-order chi connectivity index (χ1) is 7.61. The Labute approximate surface area is 97.7 Å². The topological polar surface area (TPSA) is 47.6 Å². The number of carbonyl (C=O) groups excluding carboxylic acids is 1. The minimum Gasteiger partial charge on any atom is -0.461 e. The van der Waals surface area contributed by atoms with Crippen molar-refractivity contribution in [1.82, 2.24) is 5.32 Å². The molecule has 2 unspecified atom stereocenters. The summed E-state index contributed by atoms with van der Waals surface area (Å²) in [7, 11) is 1.72. The molecule has 0 aromatic heterocycles. The van der Waals surface area contributed by atoms with Crippen LogP contribution in [0.1, 0.15) is 39.5 Å². The molecule has 94 valence electrons. The lowest BCUT2D eigenvalue weighted by Crippen LogP contribution is -2.35. The van der Waals surface area contributed by atoms with Gasteiger partial charge in [-0.25, -0.2) is 0 Å². The maximum atomic E-state index is 11.5. The molecule has 0 heterocycles. The fourth-order valence-corrected chi connectivity index (χ4v) is 1.94. The monoisotopic (exact) mass is 229 g/mol. The lowest BCUT2D eigenvalue weighted by molar-refractivity contribution is -0.151. The van der Waals surface area contributed by atoms with Crippen LogP contribution < -0.4 is 5.32 Å². The molecule has 0 spiro atoms. The van der Waals surface area contributed by atoms with Gasteiger partial charge in [0, 0.05) is 19.6 Å². The Hall–Kier alpha value is -0.610. The molecule has 1 aliphatic carbocycles. The van der Waals surface area contributed by atoms with E-state index in [2.05, 4.69) is 5.32 Å². The van der Waals surface area contributed by atoms with E-state index in [0.717, 1.165) is 25.7 Å². The Morgan fingerprint density at radius 3 is 2.69 bits per heavy atom. The summed E-state index contributed by atoms with van der Waals surface area (Å²) in [6.07, 6.45) is 4.25. The Morgan fingerprint density at radius 2 is 2.06 bits per heavy atom. The van der Waals surface area contributed by atoms with Gasteiger partial charge >= 0.3 is 5.97 Å². The quantitative estimate of drug-likeness (QED) is 0.725. The van der Waals surface area contributed by atoms with Crippen LogP contribution >= 0.6 is 0 Å². The second-order valence-corrected chi connectivity index (χ2v) is 4.67. The van der Waals surface area contributed by atoms with E-state index in [1.165, 1.54) is 0 Å². The van der Waals surface area contributed by atoms with Gasteiger partial charge in [0.05, 0.1) is 12.6 Å². The molecule has 4 nitrogen and oxygen atoms in total. The highest BCUT2D eigenvalue weighted by molar-refractivity contribution is 5.71. The van der Waals surface area contributed by atoms with Crippen molar-refractivity contribution in [2.75, 3.05) is 13.7 Å². The number of hydrogen-bond donors (Lipinski definition) is 1. The van der Waals surface area contributed by atoms with E-state index in [9.17, 15) is 4.79 Å². The lowest BCUT2D eigenvalue weighted by atomic mass is 9.95. The van der Waals surface area contributed by atoms with Gasteiger partial charge in [-0.15, -0.1) is 0 Å². The summed E-state index contributed by atoms with van der Waals surface area (Å²) >= 11 is 0. The van der Waals surface area contributed by atoms with Crippen molar-refractivity contribution in [3.05, 3.63) is 0 Å². The zero-order valence-corrected chi connectivity index (χ0v) is 10.5. The maximum Gasteiger partial charge on any atom is 0.320 e. The van der Waals surface area contributed by atoms with E-state index in [0.29, 0.717) is 12.6 Å². The fourth-order valence-electron chi connectivity index (χ4n) is 1.94. The van der Waals surface area contributed by atoms with Crippen molar-refractivity contribution in [2.45, 2.75) is 57.8 Å². The van der Waals surface area contributed by atoms with Gasteiger partial charge in [-0.3, -0.25) is 4.79 Å². The number of rotatable bonds is 5. The molecule has 0 saturated heterocycles. The number of nitrogens with one attached hydrogen (secondary N) is 1. The Balaban J connectivity index is 2.22. The number of carbonyl (C=O) groups is 1. The third kappa shape index (κ3) is 4.94. The highest BCUT2D eigenvalue weighted by Crippen LogP contribution is 2.22. The van der Waals surface area contributed by atoms with Gasteiger partial charge in [0.2, 0.25) is 0 Å². The van der Waals surface area contributed by atoms with E-state index in [-0.39, 0.29) is 18.2 Å². The standard InChI is InChI=1S/C12H23NO3/c1-9(2)13-8-12(14)16-11-6-4-5-10(7-11)15-3/h9-11,13H,4-8H2,1-3H3.